The molecule has 0 aliphatic heterocycles. The molecular weight excluding hydrogens is 340 g/mol. The predicted octanol–water partition coefficient (Wildman–Crippen LogP) is 4.33. The fourth-order valence-electron chi connectivity index (χ4n) is 6.98. The number of ketones is 1. The fourth-order valence-corrected chi connectivity index (χ4v) is 7.91. The van der Waals surface area contributed by atoms with Crippen LogP contribution in [0.4, 0.5) is 0 Å². The van der Waals surface area contributed by atoms with E-state index in [1.807, 2.05) is 0 Å². The highest BCUT2D eigenvalue weighted by Gasteiger charge is 2.61. The minimum atomic E-state index is -0.0662. The molecule has 0 aromatic rings. The Hall–Kier alpha value is 0.110. The highest BCUT2D eigenvalue weighted by atomic mass is 79.9. The minimum absolute atomic E-state index is 0.0628. The van der Waals surface area contributed by atoms with Gasteiger partial charge in [0, 0.05) is 5.41 Å². The molecule has 4 aliphatic rings. The lowest BCUT2D eigenvalue weighted by atomic mass is 9.45. The van der Waals surface area contributed by atoms with Gasteiger partial charge in [-0.15, -0.1) is 0 Å². The zero-order chi connectivity index (χ0) is 15.7. The van der Waals surface area contributed by atoms with E-state index >= 15 is 0 Å². The molecule has 0 amide bonds. The summed E-state index contributed by atoms with van der Waals surface area (Å²) in [5.41, 5.74) is 0.351. The summed E-state index contributed by atoms with van der Waals surface area (Å²) in [6.07, 6.45) is 9.04. The van der Waals surface area contributed by atoms with Crippen molar-refractivity contribution in [2.75, 3.05) is 0 Å². The van der Waals surface area contributed by atoms with E-state index in [1.54, 1.807) is 0 Å². The number of Topliss-reactive ketones (excluding diaryl/α,β-unsaturated/α-hetero) is 1. The van der Waals surface area contributed by atoms with Crippen LogP contribution in [0.1, 0.15) is 65.2 Å². The van der Waals surface area contributed by atoms with Gasteiger partial charge in [-0.2, -0.15) is 0 Å². The van der Waals surface area contributed by atoms with Crippen molar-refractivity contribution in [1.82, 2.24) is 0 Å². The topological polar surface area (TPSA) is 37.3 Å². The summed E-state index contributed by atoms with van der Waals surface area (Å²) in [4.78, 5) is 12.8. The van der Waals surface area contributed by atoms with Gasteiger partial charge in [0.05, 0.1) is 10.9 Å². The van der Waals surface area contributed by atoms with Gasteiger partial charge in [0.15, 0.2) is 5.78 Å². The lowest BCUT2D eigenvalue weighted by Gasteiger charge is -2.60. The molecule has 0 radical (unpaired) electrons. The van der Waals surface area contributed by atoms with Crippen molar-refractivity contribution < 1.29 is 9.90 Å². The van der Waals surface area contributed by atoms with Crippen molar-refractivity contribution in [3.63, 3.8) is 0 Å². The summed E-state index contributed by atoms with van der Waals surface area (Å²) in [6.45, 7) is 4.75. The summed E-state index contributed by atoms with van der Waals surface area (Å²) < 4.78 is 0. The molecule has 2 nitrogen and oxygen atoms in total. The average molecular weight is 369 g/mol. The maximum Gasteiger partial charge on any atom is 0.152 e. The number of aliphatic hydroxyl groups is 1. The van der Waals surface area contributed by atoms with Gasteiger partial charge in [-0.1, -0.05) is 29.8 Å². The van der Waals surface area contributed by atoms with Crippen molar-refractivity contribution in [2.45, 2.75) is 76.1 Å². The van der Waals surface area contributed by atoms with Crippen LogP contribution in [0.5, 0.6) is 0 Å². The van der Waals surface area contributed by atoms with E-state index in [0.717, 1.165) is 37.5 Å². The standard InChI is InChI=1S/C19H29BrO2/c1-18-7-5-12(21)9-11(18)3-4-13-14(18)6-8-19(2)15(13)10-16(20)17(19)22/h11-16,21H,3-10H2,1-2H3/t11?,12-,13-,14+,15+,16+,18+,19+/m1/s1. The van der Waals surface area contributed by atoms with Crippen LogP contribution in [0.2, 0.25) is 0 Å². The minimum Gasteiger partial charge on any atom is -0.393 e. The van der Waals surface area contributed by atoms with Crippen molar-refractivity contribution in [2.24, 2.45) is 34.5 Å². The average Bonchev–Trinajstić information content (AvgIpc) is 2.72. The molecule has 0 heterocycles. The molecule has 4 fully saturated rings. The van der Waals surface area contributed by atoms with Crippen molar-refractivity contribution in [1.29, 1.82) is 0 Å². The third-order valence-corrected chi connectivity index (χ3v) is 9.13. The molecule has 4 aliphatic carbocycles. The van der Waals surface area contributed by atoms with Gasteiger partial charge >= 0.3 is 0 Å². The predicted molar refractivity (Wildman–Crippen MR) is 90.8 cm³/mol. The Morgan fingerprint density at radius 3 is 2.59 bits per heavy atom. The number of hydrogen-bond donors (Lipinski definition) is 1. The first-order valence-corrected chi connectivity index (χ1v) is 10.1. The summed E-state index contributed by atoms with van der Waals surface area (Å²) >= 11 is 3.65. The summed E-state index contributed by atoms with van der Waals surface area (Å²) in [5, 5.41) is 10.1. The molecule has 0 saturated heterocycles. The highest BCUT2D eigenvalue weighted by Crippen LogP contribution is 2.65. The van der Waals surface area contributed by atoms with Crippen molar-refractivity contribution >= 4 is 21.7 Å². The molecule has 124 valence electrons. The number of hydrogen-bond acceptors (Lipinski definition) is 2. The molecule has 3 heteroatoms. The van der Waals surface area contributed by atoms with Gasteiger partial charge in [-0.25, -0.2) is 0 Å². The highest BCUT2D eigenvalue weighted by molar-refractivity contribution is 9.10. The Morgan fingerprint density at radius 2 is 1.82 bits per heavy atom. The largest absolute Gasteiger partial charge is 0.393 e. The van der Waals surface area contributed by atoms with E-state index in [9.17, 15) is 9.90 Å². The number of carbonyl (C=O) groups is 1. The van der Waals surface area contributed by atoms with Gasteiger partial charge in [-0.3, -0.25) is 4.79 Å². The normalized spacial score (nSPS) is 57.9. The quantitative estimate of drug-likeness (QED) is 0.646. The fraction of sp³-hybridized carbons (Fsp3) is 0.947. The number of fused-ring (bicyclic) bond motifs is 5. The summed E-state index contributed by atoms with van der Waals surface area (Å²) in [6, 6.07) is 0. The second-order valence-electron chi connectivity index (χ2n) is 9.11. The molecule has 1 unspecified atom stereocenters. The molecule has 4 saturated carbocycles. The molecule has 0 spiro atoms. The van der Waals surface area contributed by atoms with Crippen LogP contribution in [-0.4, -0.2) is 21.8 Å². The van der Waals surface area contributed by atoms with E-state index in [1.165, 1.54) is 25.7 Å². The van der Waals surface area contributed by atoms with Gasteiger partial charge in [-0.05, 0) is 80.5 Å². The number of aliphatic hydroxyl groups excluding tert-OH is 1. The number of halogens is 1. The van der Waals surface area contributed by atoms with E-state index in [2.05, 4.69) is 29.8 Å². The van der Waals surface area contributed by atoms with Crippen molar-refractivity contribution in [3.05, 3.63) is 0 Å². The monoisotopic (exact) mass is 368 g/mol. The molecule has 4 rings (SSSR count). The van der Waals surface area contributed by atoms with E-state index in [0.29, 0.717) is 23.0 Å². The molecule has 0 aromatic heterocycles. The third-order valence-electron chi connectivity index (χ3n) is 8.34. The summed E-state index contributed by atoms with van der Waals surface area (Å²) in [7, 11) is 0. The van der Waals surface area contributed by atoms with E-state index in [4.69, 9.17) is 0 Å². The van der Waals surface area contributed by atoms with Crippen LogP contribution in [0.25, 0.3) is 0 Å². The van der Waals surface area contributed by atoms with Crippen LogP contribution >= 0.6 is 15.9 Å². The van der Waals surface area contributed by atoms with Crippen LogP contribution in [0, 0.1) is 34.5 Å². The Kier molecular flexibility index (Phi) is 3.59. The molecule has 8 atom stereocenters. The second kappa shape index (κ2) is 5.05. The Morgan fingerprint density at radius 1 is 1.05 bits per heavy atom. The van der Waals surface area contributed by atoms with E-state index < -0.39 is 0 Å². The Labute approximate surface area is 142 Å². The molecule has 1 N–H and O–H groups in total. The third kappa shape index (κ3) is 1.97. The first-order chi connectivity index (χ1) is 10.4. The number of alkyl halides is 1. The molecule has 0 aromatic carbocycles. The maximum absolute atomic E-state index is 12.7. The lowest BCUT2D eigenvalue weighted by molar-refractivity contribution is -0.142. The van der Waals surface area contributed by atoms with Gasteiger partial charge < -0.3 is 5.11 Å². The maximum atomic E-state index is 12.7. The second-order valence-corrected chi connectivity index (χ2v) is 10.2. The zero-order valence-corrected chi connectivity index (χ0v) is 15.4. The Balaban J connectivity index is 1.64. The molecule has 0 bridgehead atoms. The van der Waals surface area contributed by atoms with Gasteiger partial charge in [0.1, 0.15) is 0 Å². The molecular formula is C19H29BrO2. The van der Waals surface area contributed by atoms with E-state index in [-0.39, 0.29) is 16.3 Å². The first kappa shape index (κ1) is 15.6. The molecule has 22 heavy (non-hydrogen) atoms. The van der Waals surface area contributed by atoms with Crippen LogP contribution < -0.4 is 0 Å². The van der Waals surface area contributed by atoms with Crippen molar-refractivity contribution in [3.8, 4) is 0 Å². The van der Waals surface area contributed by atoms with Crippen LogP contribution in [-0.2, 0) is 4.79 Å². The lowest BCUT2D eigenvalue weighted by Crippen LogP contribution is -2.54. The number of rotatable bonds is 0. The van der Waals surface area contributed by atoms with Gasteiger partial charge in [0.25, 0.3) is 0 Å². The van der Waals surface area contributed by atoms with Gasteiger partial charge in [0.2, 0.25) is 0 Å². The smallest absolute Gasteiger partial charge is 0.152 e. The first-order valence-electron chi connectivity index (χ1n) is 9.23. The number of carbonyl (C=O) groups excluding carboxylic acids is 1. The summed E-state index contributed by atoms with van der Waals surface area (Å²) in [5.74, 6) is 3.29. The SMILES string of the molecule is C[C@]12CC[C@@H](O)CC1CC[C@@H]1[C@@H]2CC[C@]2(C)C(=O)[C@@H](Br)C[C@@H]12. The Bertz CT molecular complexity index is 492. The zero-order valence-electron chi connectivity index (χ0n) is 13.9. The van der Waals surface area contributed by atoms with Crippen LogP contribution in [0.15, 0.2) is 0 Å². The van der Waals surface area contributed by atoms with Crippen LogP contribution in [0.3, 0.4) is 0 Å².